The number of fused-ring (bicyclic) bond motifs is 1. The first-order valence-electron chi connectivity index (χ1n) is 8.83. The molecule has 138 valence electrons. The number of carbonyl (C=O) groups excluding carboxylic acids is 1. The van der Waals surface area contributed by atoms with E-state index in [2.05, 4.69) is 27.2 Å². The van der Waals surface area contributed by atoms with Crippen molar-refractivity contribution in [2.75, 3.05) is 0 Å². The van der Waals surface area contributed by atoms with Crippen LogP contribution >= 0.6 is 11.3 Å². The second-order valence-corrected chi connectivity index (χ2v) is 7.28. The highest BCUT2D eigenvalue weighted by Gasteiger charge is 2.10. The summed E-state index contributed by atoms with van der Waals surface area (Å²) in [4.78, 5) is 19.8. The van der Waals surface area contributed by atoms with Crippen molar-refractivity contribution in [1.29, 1.82) is 0 Å². The number of H-pyrrole nitrogens is 1. The van der Waals surface area contributed by atoms with Crippen molar-refractivity contribution in [1.82, 2.24) is 19.7 Å². The van der Waals surface area contributed by atoms with Crippen LogP contribution in [-0.2, 0) is 29.6 Å². The molecular formula is C20H20N4O2S. The number of nitrogens with zero attached hydrogens (tertiary/aromatic N) is 3. The van der Waals surface area contributed by atoms with Gasteiger partial charge in [0.25, 0.3) is 0 Å². The van der Waals surface area contributed by atoms with Gasteiger partial charge in [0, 0.05) is 47.7 Å². The van der Waals surface area contributed by atoms with E-state index >= 15 is 0 Å². The Hall–Kier alpha value is -2.93. The smallest absolute Gasteiger partial charge is 0.306 e. The fourth-order valence-electron chi connectivity index (χ4n) is 3.03. The lowest BCUT2D eigenvalue weighted by Gasteiger charge is -2.03. The number of aryl methyl sites for hydroxylation is 2. The molecular weight excluding hydrogens is 360 g/mol. The number of benzene rings is 1. The molecule has 0 fully saturated rings. The van der Waals surface area contributed by atoms with Crippen LogP contribution in [0.3, 0.4) is 0 Å². The number of ether oxygens (including phenoxy) is 1. The maximum Gasteiger partial charge on any atom is 0.306 e. The fourth-order valence-corrected chi connectivity index (χ4v) is 3.81. The highest BCUT2D eigenvalue weighted by Crippen LogP contribution is 2.23. The molecule has 27 heavy (non-hydrogen) atoms. The molecule has 0 saturated carbocycles. The summed E-state index contributed by atoms with van der Waals surface area (Å²) >= 11 is 1.53. The summed E-state index contributed by atoms with van der Waals surface area (Å²) in [6.07, 6.45) is 7.72. The van der Waals surface area contributed by atoms with Crippen LogP contribution in [0.2, 0.25) is 0 Å². The average Bonchev–Trinajstić information content (AvgIpc) is 3.40. The van der Waals surface area contributed by atoms with Crippen molar-refractivity contribution in [3.8, 4) is 10.6 Å². The fraction of sp³-hybridized carbons (Fsp3) is 0.250. The molecule has 0 spiro atoms. The Morgan fingerprint density at radius 2 is 2.22 bits per heavy atom. The summed E-state index contributed by atoms with van der Waals surface area (Å²) < 4.78 is 7.11. The third-order valence-corrected chi connectivity index (χ3v) is 5.33. The zero-order chi connectivity index (χ0) is 18.6. The lowest BCUT2D eigenvalue weighted by molar-refractivity contribution is -0.145. The molecule has 0 aliphatic rings. The molecule has 0 saturated heterocycles. The predicted molar refractivity (Wildman–Crippen MR) is 105 cm³/mol. The van der Waals surface area contributed by atoms with Crippen molar-refractivity contribution in [2.45, 2.75) is 25.9 Å². The standard InChI is InChI=1S/C20H20N4O2S/c1-24-11-15(10-22-24)20-23-16(13-27-20)12-26-19(25)8-4-5-14-9-21-18-7-3-2-6-17(14)18/h2-3,6-7,9-11,13,21H,4-5,8,12H2,1H3. The minimum Gasteiger partial charge on any atom is -0.459 e. The van der Waals surface area contributed by atoms with Crippen molar-refractivity contribution >= 4 is 28.2 Å². The second kappa shape index (κ2) is 7.75. The van der Waals surface area contributed by atoms with Gasteiger partial charge in [-0.1, -0.05) is 18.2 Å². The van der Waals surface area contributed by atoms with Gasteiger partial charge in [0.15, 0.2) is 0 Å². The van der Waals surface area contributed by atoms with E-state index in [0.717, 1.165) is 34.6 Å². The molecule has 0 aliphatic heterocycles. The minimum atomic E-state index is -0.189. The normalized spacial score (nSPS) is 11.1. The molecule has 4 rings (SSSR count). The van der Waals surface area contributed by atoms with Crippen LogP contribution in [0.5, 0.6) is 0 Å². The van der Waals surface area contributed by atoms with E-state index in [1.54, 1.807) is 10.9 Å². The van der Waals surface area contributed by atoms with Gasteiger partial charge in [-0.25, -0.2) is 4.98 Å². The van der Waals surface area contributed by atoms with Gasteiger partial charge >= 0.3 is 5.97 Å². The molecule has 1 aromatic carbocycles. The molecule has 0 amide bonds. The summed E-state index contributed by atoms with van der Waals surface area (Å²) in [5.41, 5.74) is 4.10. The van der Waals surface area contributed by atoms with Crippen LogP contribution in [0.4, 0.5) is 0 Å². The maximum absolute atomic E-state index is 12.0. The number of thiazole rings is 1. The molecule has 0 bridgehead atoms. The van der Waals surface area contributed by atoms with Crippen molar-refractivity contribution in [3.05, 3.63) is 59.5 Å². The van der Waals surface area contributed by atoms with Gasteiger partial charge in [0.1, 0.15) is 11.6 Å². The molecule has 6 nitrogen and oxygen atoms in total. The number of aromatic nitrogens is 4. The monoisotopic (exact) mass is 380 g/mol. The van der Waals surface area contributed by atoms with Crippen LogP contribution in [0.1, 0.15) is 24.1 Å². The zero-order valence-corrected chi connectivity index (χ0v) is 15.8. The molecule has 0 atom stereocenters. The lowest BCUT2D eigenvalue weighted by atomic mass is 10.1. The van der Waals surface area contributed by atoms with E-state index in [1.165, 1.54) is 22.3 Å². The first kappa shape index (κ1) is 17.5. The van der Waals surface area contributed by atoms with Gasteiger partial charge in [0.2, 0.25) is 0 Å². The topological polar surface area (TPSA) is 72.8 Å². The Bertz CT molecular complexity index is 1060. The van der Waals surface area contributed by atoms with Crippen LogP contribution in [-0.4, -0.2) is 25.7 Å². The number of aromatic amines is 1. The molecule has 0 radical (unpaired) electrons. The van der Waals surface area contributed by atoms with E-state index in [-0.39, 0.29) is 12.6 Å². The molecule has 1 N–H and O–H groups in total. The van der Waals surface area contributed by atoms with Gasteiger partial charge in [-0.2, -0.15) is 5.10 Å². The number of rotatable bonds is 7. The number of esters is 1. The van der Waals surface area contributed by atoms with Crippen molar-refractivity contribution in [3.63, 3.8) is 0 Å². The molecule has 3 heterocycles. The molecule has 3 aromatic heterocycles. The van der Waals surface area contributed by atoms with Crippen molar-refractivity contribution < 1.29 is 9.53 Å². The largest absolute Gasteiger partial charge is 0.459 e. The van der Waals surface area contributed by atoms with Gasteiger partial charge in [-0.15, -0.1) is 11.3 Å². The summed E-state index contributed by atoms with van der Waals surface area (Å²) in [6, 6.07) is 8.20. The summed E-state index contributed by atoms with van der Waals surface area (Å²) in [6.45, 7) is 0.211. The summed E-state index contributed by atoms with van der Waals surface area (Å²) in [5, 5.41) is 8.17. The quantitative estimate of drug-likeness (QED) is 0.490. The SMILES string of the molecule is Cn1cc(-c2nc(COC(=O)CCCc3c[nH]c4ccccc34)cs2)cn1. The highest BCUT2D eigenvalue weighted by atomic mass is 32.1. The van der Waals surface area contributed by atoms with Gasteiger partial charge in [0.05, 0.1) is 11.9 Å². The molecule has 4 aromatic rings. The summed E-state index contributed by atoms with van der Waals surface area (Å²) in [5.74, 6) is -0.189. The van der Waals surface area contributed by atoms with E-state index in [0.29, 0.717) is 6.42 Å². The van der Waals surface area contributed by atoms with Gasteiger partial charge in [-0.05, 0) is 24.5 Å². The number of carbonyl (C=O) groups is 1. The van der Waals surface area contributed by atoms with E-state index in [9.17, 15) is 4.79 Å². The lowest BCUT2D eigenvalue weighted by Crippen LogP contribution is -2.05. The van der Waals surface area contributed by atoms with Crippen LogP contribution in [0, 0.1) is 0 Å². The third kappa shape index (κ3) is 4.09. The highest BCUT2D eigenvalue weighted by molar-refractivity contribution is 7.13. The Morgan fingerprint density at radius 3 is 3.07 bits per heavy atom. The number of para-hydroxylation sites is 1. The zero-order valence-electron chi connectivity index (χ0n) is 15.0. The first-order chi connectivity index (χ1) is 13.2. The number of nitrogens with one attached hydrogen (secondary N) is 1. The molecule has 7 heteroatoms. The van der Waals surface area contributed by atoms with E-state index in [1.807, 2.05) is 37.0 Å². The van der Waals surface area contributed by atoms with E-state index in [4.69, 9.17) is 4.74 Å². The number of hydrogen-bond acceptors (Lipinski definition) is 5. The van der Waals surface area contributed by atoms with Gasteiger partial charge in [-0.3, -0.25) is 9.48 Å². The van der Waals surface area contributed by atoms with Crippen LogP contribution in [0.25, 0.3) is 21.5 Å². The van der Waals surface area contributed by atoms with Gasteiger partial charge < -0.3 is 9.72 Å². The third-order valence-electron chi connectivity index (χ3n) is 4.39. The Labute approximate surface area is 160 Å². The predicted octanol–water partition coefficient (Wildman–Crippen LogP) is 4.09. The van der Waals surface area contributed by atoms with Crippen molar-refractivity contribution in [2.24, 2.45) is 7.05 Å². The Kier molecular flexibility index (Phi) is 5.02. The first-order valence-corrected chi connectivity index (χ1v) is 9.71. The minimum absolute atomic E-state index is 0.189. The average molecular weight is 380 g/mol. The van der Waals surface area contributed by atoms with Crippen LogP contribution in [0.15, 0.2) is 48.2 Å². The second-order valence-electron chi connectivity index (χ2n) is 6.42. The molecule has 0 aliphatic carbocycles. The maximum atomic E-state index is 12.0. The Balaban J connectivity index is 1.25. The van der Waals surface area contributed by atoms with E-state index < -0.39 is 0 Å². The Morgan fingerprint density at radius 1 is 1.33 bits per heavy atom. The number of hydrogen-bond donors (Lipinski definition) is 1. The summed E-state index contributed by atoms with van der Waals surface area (Å²) in [7, 11) is 1.87. The van der Waals surface area contributed by atoms with Crippen LogP contribution < -0.4 is 0 Å². The molecule has 0 unspecified atom stereocenters.